The first kappa shape index (κ1) is 33.5. The third kappa shape index (κ3) is 8.48. The predicted molar refractivity (Wildman–Crippen MR) is 182 cm³/mol. The summed E-state index contributed by atoms with van der Waals surface area (Å²) in [6, 6.07) is 25.7. The molecule has 4 N–H and O–H groups in total. The highest BCUT2D eigenvalue weighted by Gasteiger charge is 2.32. The highest BCUT2D eigenvalue weighted by molar-refractivity contribution is 9.10. The number of carbonyl (C=O) groups is 4. The number of likely N-dealkylation sites (tertiary alicyclic amines) is 1. The number of thiophene rings is 1. The number of ether oxygens (including phenoxy) is 1. The number of hydrogen-bond acceptors (Lipinski definition) is 6. The molecule has 0 unspecified atom stereocenters. The molecule has 3 aromatic carbocycles. The molecular formula is C34H33BrN4O7S. The zero-order chi connectivity index (χ0) is 33.3. The smallest absolute Gasteiger partial charge is 0.349 e. The van der Waals surface area contributed by atoms with Gasteiger partial charge in [0.1, 0.15) is 0 Å². The van der Waals surface area contributed by atoms with Gasteiger partial charge in [0.15, 0.2) is 17.2 Å². The van der Waals surface area contributed by atoms with E-state index < -0.39 is 18.5 Å². The van der Waals surface area contributed by atoms with E-state index in [1.54, 1.807) is 28.0 Å². The van der Waals surface area contributed by atoms with Crippen molar-refractivity contribution in [3.8, 4) is 16.2 Å². The Morgan fingerprint density at radius 2 is 1.49 bits per heavy atom. The van der Waals surface area contributed by atoms with Crippen LogP contribution in [0.3, 0.4) is 0 Å². The quantitative estimate of drug-likeness (QED) is 0.140. The fraction of sp³-hybridized carbons (Fsp3) is 0.235. The molecule has 11 nitrogen and oxygen atoms in total. The van der Waals surface area contributed by atoms with Gasteiger partial charge in [0.25, 0.3) is 0 Å². The monoisotopic (exact) mass is 720 g/mol. The summed E-state index contributed by atoms with van der Waals surface area (Å²) in [4.78, 5) is 53.7. The summed E-state index contributed by atoms with van der Waals surface area (Å²) >= 11 is 4.36. The molecule has 13 heteroatoms. The standard InChI is InChI=1S/C34H33BrN4O7S/c35-28-29(46-21-27(40)41)31(32(42)43)47-30(28)24-12-7-13-26(18-24)39(34(45)37-20-23-10-5-2-6-11-23)25-14-16-38(17-15-25)33(44)36-19-22-8-3-1-4-9-22/h1-13,18,25H,14-17,19-21H2,(H,36,44)(H,37,45)(H,40,41)(H,42,43). The number of anilines is 1. The summed E-state index contributed by atoms with van der Waals surface area (Å²) < 4.78 is 5.63. The lowest BCUT2D eigenvalue weighted by atomic mass is 10.0. The summed E-state index contributed by atoms with van der Waals surface area (Å²) in [6.07, 6.45) is 1.08. The van der Waals surface area contributed by atoms with Crippen LogP contribution in [-0.4, -0.2) is 64.9 Å². The Kier molecular flexibility index (Phi) is 11.1. The molecule has 244 valence electrons. The Balaban J connectivity index is 1.38. The van der Waals surface area contributed by atoms with Crippen LogP contribution in [0.2, 0.25) is 0 Å². The molecule has 1 aromatic heterocycles. The minimum atomic E-state index is -1.25. The fourth-order valence-corrected chi connectivity index (χ4v) is 7.24. The van der Waals surface area contributed by atoms with E-state index in [-0.39, 0.29) is 28.7 Å². The molecule has 0 bridgehead atoms. The third-order valence-corrected chi connectivity index (χ3v) is 9.87. The largest absolute Gasteiger partial charge is 0.479 e. The normalized spacial score (nSPS) is 13.1. The van der Waals surface area contributed by atoms with Crippen LogP contribution in [0.15, 0.2) is 89.4 Å². The van der Waals surface area contributed by atoms with Crippen LogP contribution >= 0.6 is 27.3 Å². The van der Waals surface area contributed by atoms with Crippen molar-refractivity contribution in [2.24, 2.45) is 0 Å². The van der Waals surface area contributed by atoms with Crippen molar-refractivity contribution in [1.82, 2.24) is 15.5 Å². The van der Waals surface area contributed by atoms with Gasteiger partial charge in [0.2, 0.25) is 0 Å². The first-order chi connectivity index (χ1) is 22.7. The molecule has 0 spiro atoms. The molecule has 1 saturated heterocycles. The van der Waals surface area contributed by atoms with Crippen molar-refractivity contribution >= 4 is 57.0 Å². The number of nitrogens with one attached hydrogen (secondary N) is 2. The molecule has 0 saturated carbocycles. The van der Waals surface area contributed by atoms with E-state index in [2.05, 4.69) is 26.6 Å². The second-order valence-corrected chi connectivity index (χ2v) is 12.6. The zero-order valence-corrected chi connectivity index (χ0v) is 27.6. The predicted octanol–water partition coefficient (Wildman–Crippen LogP) is 6.43. The van der Waals surface area contributed by atoms with Gasteiger partial charge in [0, 0.05) is 37.9 Å². The number of aliphatic carboxylic acids is 1. The Hall–Kier alpha value is -4.88. The lowest BCUT2D eigenvalue weighted by Gasteiger charge is -2.38. The number of hydrogen-bond donors (Lipinski definition) is 4. The number of amides is 4. The van der Waals surface area contributed by atoms with Crippen LogP contribution in [0.25, 0.3) is 10.4 Å². The summed E-state index contributed by atoms with van der Waals surface area (Å²) in [5, 5.41) is 24.9. The summed E-state index contributed by atoms with van der Waals surface area (Å²) in [7, 11) is 0. The van der Waals surface area contributed by atoms with E-state index in [0.29, 0.717) is 59.6 Å². The average Bonchev–Trinajstić information content (AvgIpc) is 3.43. The van der Waals surface area contributed by atoms with Crippen molar-refractivity contribution in [3.63, 3.8) is 0 Å². The average molecular weight is 722 g/mol. The molecule has 0 atom stereocenters. The number of rotatable bonds is 11. The molecule has 4 aromatic rings. The van der Waals surface area contributed by atoms with Gasteiger partial charge < -0.3 is 30.5 Å². The maximum atomic E-state index is 13.9. The van der Waals surface area contributed by atoms with E-state index >= 15 is 0 Å². The maximum absolute atomic E-state index is 13.9. The van der Waals surface area contributed by atoms with Gasteiger partial charge in [-0.25, -0.2) is 19.2 Å². The highest BCUT2D eigenvalue weighted by atomic mass is 79.9. The van der Waals surface area contributed by atoms with E-state index in [0.717, 1.165) is 22.5 Å². The fourth-order valence-electron chi connectivity index (χ4n) is 5.35. The topological polar surface area (TPSA) is 149 Å². The molecule has 4 amide bonds. The van der Waals surface area contributed by atoms with Crippen molar-refractivity contribution in [3.05, 3.63) is 105 Å². The molecule has 0 aliphatic carbocycles. The van der Waals surface area contributed by atoms with Gasteiger partial charge in [-0.15, -0.1) is 11.3 Å². The lowest BCUT2D eigenvalue weighted by Crippen LogP contribution is -2.53. The number of urea groups is 2. The number of carboxylic acid groups (broad SMARTS) is 2. The Morgan fingerprint density at radius 3 is 2.09 bits per heavy atom. The first-order valence-electron chi connectivity index (χ1n) is 14.9. The van der Waals surface area contributed by atoms with Gasteiger partial charge in [-0.05, 0) is 57.6 Å². The van der Waals surface area contributed by atoms with Gasteiger partial charge in [0.05, 0.1) is 9.35 Å². The number of carboxylic acids is 2. The van der Waals surface area contributed by atoms with Crippen molar-refractivity contribution < 1.29 is 34.1 Å². The van der Waals surface area contributed by atoms with Gasteiger partial charge in [-0.2, -0.15) is 0 Å². The Labute approximate surface area is 283 Å². The van der Waals surface area contributed by atoms with Crippen LogP contribution in [0.5, 0.6) is 5.75 Å². The second-order valence-electron chi connectivity index (χ2n) is 10.8. The molecule has 5 rings (SSSR count). The number of halogens is 1. The summed E-state index contributed by atoms with van der Waals surface area (Å²) in [5.74, 6) is -2.56. The Morgan fingerprint density at radius 1 is 0.872 bits per heavy atom. The zero-order valence-electron chi connectivity index (χ0n) is 25.2. The number of benzene rings is 3. The summed E-state index contributed by atoms with van der Waals surface area (Å²) in [5.41, 5.74) is 3.15. The van der Waals surface area contributed by atoms with Gasteiger partial charge >= 0.3 is 24.0 Å². The lowest BCUT2D eigenvalue weighted by molar-refractivity contribution is -0.139. The minimum Gasteiger partial charge on any atom is -0.479 e. The van der Waals surface area contributed by atoms with E-state index in [1.807, 2.05) is 66.7 Å². The second kappa shape index (κ2) is 15.6. The van der Waals surface area contributed by atoms with Crippen molar-refractivity contribution in [1.29, 1.82) is 0 Å². The number of piperidine rings is 1. The third-order valence-electron chi connectivity index (χ3n) is 7.64. The van der Waals surface area contributed by atoms with E-state index in [9.17, 15) is 24.3 Å². The van der Waals surface area contributed by atoms with E-state index in [4.69, 9.17) is 9.84 Å². The number of carbonyl (C=O) groups excluding carboxylic acids is 2. The highest BCUT2D eigenvalue weighted by Crippen LogP contribution is 2.46. The molecule has 1 fully saturated rings. The molecule has 0 radical (unpaired) electrons. The maximum Gasteiger partial charge on any atom is 0.349 e. The first-order valence-corrected chi connectivity index (χ1v) is 16.5. The van der Waals surface area contributed by atoms with Crippen LogP contribution in [-0.2, 0) is 17.9 Å². The van der Waals surface area contributed by atoms with E-state index in [1.165, 1.54) is 0 Å². The molecule has 2 heterocycles. The molecule has 1 aliphatic rings. The summed E-state index contributed by atoms with van der Waals surface area (Å²) in [6.45, 7) is 0.949. The minimum absolute atomic E-state index is 0.0688. The number of aromatic carboxylic acids is 1. The number of nitrogens with zero attached hydrogens (tertiary/aromatic N) is 2. The van der Waals surface area contributed by atoms with Gasteiger partial charge in [-0.3, -0.25) is 4.90 Å². The molecule has 1 aliphatic heterocycles. The van der Waals surface area contributed by atoms with Crippen LogP contribution in [0.1, 0.15) is 33.6 Å². The van der Waals surface area contributed by atoms with Crippen molar-refractivity contribution in [2.45, 2.75) is 32.0 Å². The SMILES string of the molecule is O=C(O)COc1c(C(=O)O)sc(-c2cccc(N(C(=O)NCc3ccccc3)C3CCN(C(=O)NCc4ccccc4)CC3)c2)c1Br. The Bertz CT molecular complexity index is 1730. The molecular weight excluding hydrogens is 688 g/mol. The van der Waals surface area contributed by atoms with Crippen LogP contribution in [0.4, 0.5) is 15.3 Å². The van der Waals surface area contributed by atoms with Crippen LogP contribution < -0.4 is 20.3 Å². The van der Waals surface area contributed by atoms with Crippen molar-refractivity contribution in [2.75, 3.05) is 24.6 Å². The molecule has 47 heavy (non-hydrogen) atoms. The van der Waals surface area contributed by atoms with Gasteiger partial charge in [-0.1, -0.05) is 72.8 Å². The van der Waals surface area contributed by atoms with Crippen LogP contribution in [0, 0.1) is 0 Å².